The lowest BCUT2D eigenvalue weighted by atomic mass is 9.98. The molecule has 0 aromatic heterocycles. The van der Waals surface area contributed by atoms with E-state index in [1.54, 1.807) is 0 Å². The summed E-state index contributed by atoms with van der Waals surface area (Å²) in [5, 5.41) is 19.6. The molecule has 0 saturated carbocycles. The van der Waals surface area contributed by atoms with Crippen molar-refractivity contribution < 1.29 is 19.7 Å². The van der Waals surface area contributed by atoms with Gasteiger partial charge in [0.15, 0.2) is 0 Å². The average Bonchev–Trinajstić information content (AvgIpc) is 2.68. The van der Waals surface area contributed by atoms with Gasteiger partial charge in [-0.15, -0.1) is 0 Å². The zero-order valence-corrected chi connectivity index (χ0v) is 12.8. The predicted octanol–water partition coefficient (Wildman–Crippen LogP) is 0.902. The summed E-state index contributed by atoms with van der Waals surface area (Å²) in [5.74, 6) is -1.01. The van der Waals surface area contributed by atoms with Crippen molar-refractivity contribution in [3.8, 4) is 0 Å². The van der Waals surface area contributed by atoms with Gasteiger partial charge in [0.25, 0.3) is 0 Å². The normalized spacial score (nSPS) is 32.7. The summed E-state index contributed by atoms with van der Waals surface area (Å²) in [4.78, 5) is 14.6. The maximum atomic E-state index is 12.4. The van der Waals surface area contributed by atoms with E-state index in [2.05, 4.69) is 4.90 Å². The first-order valence-electron chi connectivity index (χ1n) is 7.86. The Bertz CT molecular complexity index is 521. The van der Waals surface area contributed by atoms with E-state index < -0.39 is 5.92 Å². The Kier molecular flexibility index (Phi) is 4.47. The van der Waals surface area contributed by atoms with Crippen LogP contribution in [0.3, 0.4) is 0 Å². The minimum absolute atomic E-state index is 0.0702. The van der Waals surface area contributed by atoms with Crippen molar-refractivity contribution in [2.45, 2.75) is 49.5 Å². The second-order valence-corrected chi connectivity index (χ2v) is 6.37. The van der Waals surface area contributed by atoms with E-state index >= 15 is 0 Å². The van der Waals surface area contributed by atoms with Crippen LogP contribution in [0, 0.1) is 0 Å². The fourth-order valence-electron chi connectivity index (χ4n) is 3.74. The van der Waals surface area contributed by atoms with Crippen LogP contribution in [0.15, 0.2) is 30.3 Å². The van der Waals surface area contributed by atoms with Gasteiger partial charge in [0.1, 0.15) is 12.0 Å². The SMILES string of the molecule is CN1[C@H]2C[C@@H](OC(=O)[C@H](CO)c3ccccc3)C[C@H]1[C@H](O)C2. The molecule has 5 atom stereocenters. The number of esters is 1. The lowest BCUT2D eigenvalue weighted by Crippen LogP contribution is -2.45. The van der Waals surface area contributed by atoms with Crippen LogP contribution in [-0.4, -0.2) is 59.0 Å². The van der Waals surface area contributed by atoms with E-state index in [9.17, 15) is 15.0 Å². The van der Waals surface area contributed by atoms with Crippen molar-refractivity contribution >= 4 is 5.97 Å². The summed E-state index contributed by atoms with van der Waals surface area (Å²) in [6, 6.07) is 9.56. The first-order valence-corrected chi connectivity index (χ1v) is 7.86. The van der Waals surface area contributed by atoms with Gasteiger partial charge in [-0.1, -0.05) is 30.3 Å². The standard InChI is InChI=1S/C17H23NO4/c1-18-12-7-13(9-15(18)16(20)8-12)22-17(21)14(10-19)11-5-3-2-4-6-11/h2-6,12-16,19-20H,7-10H2,1H3/t12-,13+,14+,15-,16+/m0/s1. The topological polar surface area (TPSA) is 70.0 Å². The number of ether oxygens (including phenoxy) is 1. The summed E-state index contributed by atoms with van der Waals surface area (Å²) < 4.78 is 5.64. The molecule has 0 spiro atoms. The molecule has 120 valence electrons. The summed E-state index contributed by atoms with van der Waals surface area (Å²) in [6.45, 7) is -0.259. The summed E-state index contributed by atoms with van der Waals surface area (Å²) in [7, 11) is 2.02. The summed E-state index contributed by atoms with van der Waals surface area (Å²) in [5.41, 5.74) is 0.769. The predicted molar refractivity (Wildman–Crippen MR) is 81.3 cm³/mol. The van der Waals surface area contributed by atoms with E-state index in [1.165, 1.54) is 0 Å². The van der Waals surface area contributed by atoms with E-state index in [0.29, 0.717) is 6.42 Å². The maximum Gasteiger partial charge on any atom is 0.316 e. The third-order valence-electron chi connectivity index (χ3n) is 5.05. The number of fused-ring (bicyclic) bond motifs is 2. The van der Waals surface area contributed by atoms with Crippen molar-refractivity contribution in [3.05, 3.63) is 35.9 Å². The van der Waals surface area contributed by atoms with Gasteiger partial charge in [0.2, 0.25) is 0 Å². The number of aliphatic hydroxyl groups is 2. The van der Waals surface area contributed by atoms with Crippen LogP contribution in [0.5, 0.6) is 0 Å². The largest absolute Gasteiger partial charge is 0.462 e. The molecule has 0 aliphatic carbocycles. The van der Waals surface area contributed by atoms with Gasteiger partial charge in [-0.25, -0.2) is 0 Å². The third kappa shape index (κ3) is 2.89. The van der Waals surface area contributed by atoms with Gasteiger partial charge in [-0.2, -0.15) is 0 Å². The van der Waals surface area contributed by atoms with Crippen LogP contribution in [0.2, 0.25) is 0 Å². The molecule has 2 aliphatic heterocycles. The van der Waals surface area contributed by atoms with Crippen LogP contribution >= 0.6 is 0 Å². The number of rotatable bonds is 4. The molecule has 2 saturated heterocycles. The van der Waals surface area contributed by atoms with Gasteiger partial charge in [-0.3, -0.25) is 9.69 Å². The highest BCUT2D eigenvalue weighted by atomic mass is 16.5. The van der Waals surface area contributed by atoms with Crippen molar-refractivity contribution in [2.75, 3.05) is 13.7 Å². The number of hydrogen-bond donors (Lipinski definition) is 2. The molecule has 2 bridgehead atoms. The Labute approximate surface area is 130 Å². The van der Waals surface area contributed by atoms with Crippen LogP contribution in [-0.2, 0) is 9.53 Å². The Morgan fingerprint density at radius 1 is 1.32 bits per heavy atom. The average molecular weight is 305 g/mol. The van der Waals surface area contributed by atoms with Gasteiger partial charge in [0.05, 0.1) is 12.7 Å². The van der Waals surface area contributed by atoms with Gasteiger partial charge >= 0.3 is 5.97 Å². The molecule has 0 amide bonds. The van der Waals surface area contributed by atoms with Crippen LogP contribution in [0.25, 0.3) is 0 Å². The molecule has 5 nitrogen and oxygen atoms in total. The molecule has 0 unspecified atom stereocenters. The van der Waals surface area contributed by atoms with Gasteiger partial charge in [0, 0.05) is 24.9 Å². The Hall–Kier alpha value is -1.43. The highest BCUT2D eigenvalue weighted by Crippen LogP contribution is 2.36. The molecule has 22 heavy (non-hydrogen) atoms. The number of piperidine rings is 1. The van der Waals surface area contributed by atoms with Crippen LogP contribution in [0.1, 0.15) is 30.7 Å². The molecule has 2 heterocycles. The first kappa shape index (κ1) is 15.5. The Morgan fingerprint density at radius 3 is 2.68 bits per heavy atom. The maximum absolute atomic E-state index is 12.4. The first-order chi connectivity index (χ1) is 10.6. The van der Waals surface area contributed by atoms with Gasteiger partial charge < -0.3 is 14.9 Å². The minimum Gasteiger partial charge on any atom is -0.462 e. The van der Waals surface area contributed by atoms with Crippen molar-refractivity contribution in [1.29, 1.82) is 0 Å². The lowest BCUT2D eigenvalue weighted by molar-refractivity contribution is -0.155. The molecule has 3 rings (SSSR count). The molecule has 2 N–H and O–H groups in total. The van der Waals surface area contributed by atoms with E-state index in [0.717, 1.165) is 18.4 Å². The number of hydrogen-bond acceptors (Lipinski definition) is 5. The number of likely N-dealkylation sites (N-methyl/N-ethyl adjacent to an activating group) is 1. The number of aliphatic hydroxyl groups excluding tert-OH is 2. The van der Waals surface area contributed by atoms with E-state index in [1.807, 2.05) is 37.4 Å². The van der Waals surface area contributed by atoms with Gasteiger partial charge in [-0.05, 0) is 19.0 Å². The monoisotopic (exact) mass is 305 g/mol. The lowest BCUT2D eigenvalue weighted by Gasteiger charge is -2.36. The molecule has 2 fully saturated rings. The zero-order valence-electron chi connectivity index (χ0n) is 12.8. The van der Waals surface area contributed by atoms with E-state index in [4.69, 9.17) is 4.74 Å². The molecule has 0 radical (unpaired) electrons. The zero-order chi connectivity index (χ0) is 15.7. The van der Waals surface area contributed by atoms with Crippen molar-refractivity contribution in [1.82, 2.24) is 4.90 Å². The molecule has 2 aliphatic rings. The van der Waals surface area contributed by atoms with Crippen molar-refractivity contribution in [3.63, 3.8) is 0 Å². The smallest absolute Gasteiger partial charge is 0.316 e. The summed E-state index contributed by atoms with van der Waals surface area (Å²) in [6.07, 6.45) is 1.66. The second-order valence-electron chi connectivity index (χ2n) is 6.37. The third-order valence-corrected chi connectivity index (χ3v) is 5.05. The highest BCUT2D eigenvalue weighted by Gasteiger charge is 2.45. The molecular weight excluding hydrogens is 282 g/mol. The van der Waals surface area contributed by atoms with Crippen LogP contribution in [0.4, 0.5) is 0 Å². The highest BCUT2D eigenvalue weighted by molar-refractivity contribution is 5.78. The van der Waals surface area contributed by atoms with Crippen molar-refractivity contribution in [2.24, 2.45) is 0 Å². The molecular formula is C17H23NO4. The number of nitrogens with zero attached hydrogens (tertiary/aromatic N) is 1. The fourth-order valence-corrected chi connectivity index (χ4v) is 3.74. The Morgan fingerprint density at radius 2 is 2.05 bits per heavy atom. The van der Waals surface area contributed by atoms with Crippen LogP contribution < -0.4 is 0 Å². The number of carbonyl (C=O) groups excluding carboxylic acids is 1. The Balaban J connectivity index is 1.65. The fraction of sp³-hybridized carbons (Fsp3) is 0.588. The van der Waals surface area contributed by atoms with E-state index in [-0.39, 0.29) is 36.9 Å². The summed E-state index contributed by atoms with van der Waals surface area (Å²) >= 11 is 0. The molecule has 1 aromatic rings. The minimum atomic E-state index is -0.636. The molecule has 1 aromatic carbocycles. The second kappa shape index (κ2) is 6.36. The number of benzene rings is 1. The number of carbonyl (C=O) groups is 1. The molecule has 5 heteroatoms. The quantitative estimate of drug-likeness (QED) is 0.809.